The second-order valence-corrected chi connectivity index (χ2v) is 6.09. The van der Waals surface area contributed by atoms with Crippen molar-refractivity contribution in [2.75, 3.05) is 0 Å². The third-order valence-electron chi connectivity index (χ3n) is 4.30. The van der Waals surface area contributed by atoms with E-state index in [4.69, 9.17) is 4.98 Å². The SMILES string of the molecule is CCCc1cc(=O)n2[nH]c(-c3ccccc3)c(-c3ccccc3)c2n1. The highest BCUT2D eigenvalue weighted by Gasteiger charge is 2.18. The summed E-state index contributed by atoms with van der Waals surface area (Å²) in [6.07, 6.45) is 1.76. The van der Waals surface area contributed by atoms with Crippen LogP contribution in [0.2, 0.25) is 0 Å². The molecular formula is C21H19N3O. The van der Waals surface area contributed by atoms with E-state index < -0.39 is 0 Å². The molecule has 4 rings (SSSR count). The number of aryl methyl sites for hydroxylation is 1. The molecule has 0 spiro atoms. The summed E-state index contributed by atoms with van der Waals surface area (Å²) in [6, 6.07) is 21.8. The molecule has 0 radical (unpaired) electrons. The van der Waals surface area contributed by atoms with Crippen molar-refractivity contribution in [3.63, 3.8) is 0 Å². The summed E-state index contributed by atoms with van der Waals surface area (Å²) in [5, 5.41) is 3.26. The van der Waals surface area contributed by atoms with Crippen LogP contribution in [0, 0.1) is 0 Å². The number of aromatic amines is 1. The third kappa shape index (κ3) is 2.76. The van der Waals surface area contributed by atoms with Crippen LogP contribution < -0.4 is 5.56 Å². The predicted molar refractivity (Wildman–Crippen MR) is 101 cm³/mol. The van der Waals surface area contributed by atoms with E-state index in [9.17, 15) is 4.79 Å². The van der Waals surface area contributed by atoms with Crippen LogP contribution in [0.5, 0.6) is 0 Å². The van der Waals surface area contributed by atoms with Crippen LogP contribution in [0.1, 0.15) is 19.0 Å². The van der Waals surface area contributed by atoms with Crippen molar-refractivity contribution >= 4 is 5.65 Å². The molecule has 0 amide bonds. The van der Waals surface area contributed by atoms with E-state index >= 15 is 0 Å². The lowest BCUT2D eigenvalue weighted by atomic mass is 10.0. The molecule has 0 atom stereocenters. The molecule has 2 aromatic carbocycles. The van der Waals surface area contributed by atoms with Gasteiger partial charge >= 0.3 is 0 Å². The predicted octanol–water partition coefficient (Wildman–Crippen LogP) is 4.31. The van der Waals surface area contributed by atoms with Crippen molar-refractivity contribution in [2.24, 2.45) is 0 Å². The summed E-state index contributed by atoms with van der Waals surface area (Å²) in [7, 11) is 0. The van der Waals surface area contributed by atoms with Crippen molar-refractivity contribution in [3.8, 4) is 22.4 Å². The van der Waals surface area contributed by atoms with Crippen LogP contribution in [0.3, 0.4) is 0 Å². The fourth-order valence-corrected chi connectivity index (χ4v) is 3.16. The molecule has 4 nitrogen and oxygen atoms in total. The van der Waals surface area contributed by atoms with Gasteiger partial charge in [-0.15, -0.1) is 0 Å². The van der Waals surface area contributed by atoms with Gasteiger partial charge in [0.05, 0.1) is 11.3 Å². The molecule has 0 saturated carbocycles. The van der Waals surface area contributed by atoms with Gasteiger partial charge in [-0.25, -0.2) is 9.50 Å². The minimum Gasteiger partial charge on any atom is -0.288 e. The third-order valence-corrected chi connectivity index (χ3v) is 4.30. The molecule has 25 heavy (non-hydrogen) atoms. The number of benzene rings is 2. The van der Waals surface area contributed by atoms with E-state index in [2.05, 4.69) is 12.0 Å². The van der Waals surface area contributed by atoms with Crippen LogP contribution in [0.4, 0.5) is 0 Å². The molecule has 1 N–H and O–H groups in total. The monoisotopic (exact) mass is 329 g/mol. The second kappa shape index (κ2) is 6.40. The molecule has 0 aliphatic heterocycles. The number of aromatic nitrogens is 3. The van der Waals surface area contributed by atoms with E-state index in [0.29, 0.717) is 5.65 Å². The first-order chi connectivity index (χ1) is 12.3. The van der Waals surface area contributed by atoms with E-state index in [0.717, 1.165) is 40.9 Å². The van der Waals surface area contributed by atoms with Gasteiger partial charge in [0.25, 0.3) is 5.56 Å². The molecular weight excluding hydrogens is 310 g/mol. The summed E-state index contributed by atoms with van der Waals surface area (Å²) >= 11 is 0. The van der Waals surface area contributed by atoms with Gasteiger partial charge in [0.15, 0.2) is 5.65 Å². The fourth-order valence-electron chi connectivity index (χ4n) is 3.16. The van der Waals surface area contributed by atoms with Crippen molar-refractivity contribution < 1.29 is 0 Å². The second-order valence-electron chi connectivity index (χ2n) is 6.09. The fraction of sp³-hybridized carbons (Fsp3) is 0.143. The summed E-state index contributed by atoms with van der Waals surface area (Å²) in [6.45, 7) is 2.09. The summed E-state index contributed by atoms with van der Waals surface area (Å²) in [5.41, 5.74) is 5.38. The normalized spacial score (nSPS) is 11.1. The molecule has 0 fully saturated rings. The van der Waals surface area contributed by atoms with Crippen molar-refractivity contribution in [1.29, 1.82) is 0 Å². The lowest BCUT2D eigenvalue weighted by Gasteiger charge is -2.04. The van der Waals surface area contributed by atoms with Gasteiger partial charge in [0, 0.05) is 17.3 Å². The minimum atomic E-state index is -0.0761. The zero-order chi connectivity index (χ0) is 17.2. The Morgan fingerprint density at radius 1 is 0.960 bits per heavy atom. The van der Waals surface area contributed by atoms with Gasteiger partial charge in [0.1, 0.15) is 0 Å². The number of nitrogens with one attached hydrogen (secondary N) is 1. The van der Waals surface area contributed by atoms with E-state index in [1.54, 1.807) is 10.6 Å². The Labute approximate surface area is 145 Å². The molecule has 0 aliphatic rings. The lowest BCUT2D eigenvalue weighted by Crippen LogP contribution is -2.15. The number of hydrogen-bond acceptors (Lipinski definition) is 2. The molecule has 2 aromatic heterocycles. The smallest absolute Gasteiger partial charge is 0.272 e. The number of rotatable bonds is 4. The van der Waals surface area contributed by atoms with E-state index in [1.807, 2.05) is 60.7 Å². The minimum absolute atomic E-state index is 0.0761. The molecule has 0 aliphatic carbocycles. The first-order valence-corrected chi connectivity index (χ1v) is 8.53. The van der Waals surface area contributed by atoms with E-state index in [1.165, 1.54) is 0 Å². The zero-order valence-electron chi connectivity index (χ0n) is 14.1. The molecule has 0 bridgehead atoms. The molecule has 2 heterocycles. The number of nitrogens with zero attached hydrogens (tertiary/aromatic N) is 2. The highest BCUT2D eigenvalue weighted by Crippen LogP contribution is 2.33. The summed E-state index contributed by atoms with van der Waals surface area (Å²) in [4.78, 5) is 17.4. The summed E-state index contributed by atoms with van der Waals surface area (Å²) < 4.78 is 1.55. The maximum absolute atomic E-state index is 12.6. The van der Waals surface area contributed by atoms with E-state index in [-0.39, 0.29) is 5.56 Å². The molecule has 124 valence electrons. The largest absolute Gasteiger partial charge is 0.288 e. The van der Waals surface area contributed by atoms with Crippen LogP contribution in [-0.4, -0.2) is 14.6 Å². The highest BCUT2D eigenvalue weighted by atomic mass is 16.1. The quantitative estimate of drug-likeness (QED) is 0.606. The number of fused-ring (bicyclic) bond motifs is 1. The van der Waals surface area contributed by atoms with Crippen LogP contribution >= 0.6 is 0 Å². The average molecular weight is 329 g/mol. The van der Waals surface area contributed by atoms with Gasteiger partial charge in [-0.1, -0.05) is 74.0 Å². The Morgan fingerprint density at radius 2 is 1.60 bits per heavy atom. The molecule has 4 heteroatoms. The van der Waals surface area contributed by atoms with Crippen LogP contribution in [-0.2, 0) is 6.42 Å². The molecule has 0 saturated heterocycles. The maximum Gasteiger partial charge on any atom is 0.272 e. The molecule has 4 aromatic rings. The van der Waals surface area contributed by atoms with Gasteiger partial charge in [0.2, 0.25) is 0 Å². The van der Waals surface area contributed by atoms with Crippen molar-refractivity contribution in [3.05, 3.63) is 82.8 Å². The number of H-pyrrole nitrogens is 1. The van der Waals surface area contributed by atoms with Gasteiger partial charge < -0.3 is 0 Å². The van der Waals surface area contributed by atoms with Crippen molar-refractivity contribution in [2.45, 2.75) is 19.8 Å². The Morgan fingerprint density at radius 3 is 2.24 bits per heavy atom. The topological polar surface area (TPSA) is 50.2 Å². The number of hydrogen-bond donors (Lipinski definition) is 1. The maximum atomic E-state index is 12.6. The molecule has 0 unspecified atom stereocenters. The zero-order valence-corrected chi connectivity index (χ0v) is 14.1. The Bertz CT molecular complexity index is 1060. The van der Waals surface area contributed by atoms with Crippen LogP contribution in [0.25, 0.3) is 28.0 Å². The summed E-state index contributed by atoms with van der Waals surface area (Å²) in [5.74, 6) is 0. The first-order valence-electron chi connectivity index (χ1n) is 8.53. The average Bonchev–Trinajstić information content (AvgIpc) is 3.03. The van der Waals surface area contributed by atoms with Gasteiger partial charge in [-0.05, 0) is 12.0 Å². The first kappa shape index (κ1) is 15.4. The highest BCUT2D eigenvalue weighted by molar-refractivity contribution is 5.90. The Kier molecular flexibility index (Phi) is 3.94. The van der Waals surface area contributed by atoms with Crippen LogP contribution in [0.15, 0.2) is 71.5 Å². The Hall–Kier alpha value is -3.14. The Balaban J connectivity index is 2.08. The lowest BCUT2D eigenvalue weighted by molar-refractivity contribution is 0.841. The standard InChI is InChI=1S/C21H19N3O/c1-2-9-17-14-18(25)24-21(22-17)19(15-10-5-3-6-11-15)20(23-24)16-12-7-4-8-13-16/h3-8,10-14,23H,2,9H2,1H3. The van der Waals surface area contributed by atoms with Gasteiger partial charge in [-0.2, -0.15) is 0 Å². The van der Waals surface area contributed by atoms with Gasteiger partial charge in [-0.3, -0.25) is 9.89 Å². The van der Waals surface area contributed by atoms with Crippen molar-refractivity contribution in [1.82, 2.24) is 14.6 Å².